The molecule has 5 heteroatoms. The highest BCUT2D eigenvalue weighted by atomic mass is 16.2. The van der Waals surface area contributed by atoms with Gasteiger partial charge >= 0.3 is 0 Å². The van der Waals surface area contributed by atoms with E-state index in [9.17, 15) is 4.79 Å². The summed E-state index contributed by atoms with van der Waals surface area (Å²) in [6.07, 6.45) is 6.99. The molecule has 0 N–H and O–H groups in total. The van der Waals surface area contributed by atoms with Crippen LogP contribution in [0.25, 0.3) is 0 Å². The van der Waals surface area contributed by atoms with E-state index < -0.39 is 0 Å². The Balaban J connectivity index is 1.44. The van der Waals surface area contributed by atoms with Crippen molar-refractivity contribution >= 4 is 5.91 Å². The molecule has 5 nitrogen and oxygen atoms in total. The fourth-order valence-electron chi connectivity index (χ4n) is 4.41. The van der Waals surface area contributed by atoms with E-state index in [0.717, 1.165) is 57.6 Å². The lowest BCUT2D eigenvalue weighted by atomic mass is 9.81. The maximum atomic E-state index is 13.1. The monoisotopic (exact) mass is 338 g/mol. The predicted octanol–water partition coefficient (Wildman–Crippen LogP) is 3.12. The average molecular weight is 338 g/mol. The van der Waals surface area contributed by atoms with Gasteiger partial charge in [0.15, 0.2) is 0 Å². The van der Waals surface area contributed by atoms with Crippen LogP contribution in [0.5, 0.6) is 0 Å². The van der Waals surface area contributed by atoms with Crippen LogP contribution in [0, 0.1) is 0 Å². The molecule has 1 aromatic carbocycles. The highest BCUT2D eigenvalue weighted by molar-refractivity contribution is 5.84. The number of piperidine rings is 1. The molecule has 1 amide bonds. The molecule has 0 spiro atoms. The molecule has 1 fully saturated rings. The minimum absolute atomic E-state index is 0.0563. The van der Waals surface area contributed by atoms with Crippen molar-refractivity contribution in [3.63, 3.8) is 0 Å². The molecule has 0 saturated carbocycles. The summed E-state index contributed by atoms with van der Waals surface area (Å²) in [5.74, 6) is 1.88. The van der Waals surface area contributed by atoms with E-state index in [4.69, 9.17) is 0 Å². The maximum Gasteiger partial charge on any atom is 0.230 e. The van der Waals surface area contributed by atoms with Gasteiger partial charge in [-0.05, 0) is 50.2 Å². The number of hydrogen-bond donors (Lipinski definition) is 0. The van der Waals surface area contributed by atoms with Crippen molar-refractivity contribution in [3.8, 4) is 0 Å². The Bertz CT molecular complexity index is 746. The lowest BCUT2D eigenvalue weighted by Gasteiger charge is -2.35. The third-order valence-corrected chi connectivity index (χ3v) is 5.83. The molecule has 132 valence electrons. The molecule has 0 bridgehead atoms. The SMILES string of the molecule is CCn1cnnc1C1CCN(C(=O)C2CCCc3ccccc32)CC1. The minimum atomic E-state index is 0.0563. The molecule has 1 unspecified atom stereocenters. The first kappa shape index (κ1) is 16.3. The summed E-state index contributed by atoms with van der Waals surface area (Å²) >= 11 is 0. The number of rotatable bonds is 3. The summed E-state index contributed by atoms with van der Waals surface area (Å²) in [7, 11) is 0. The molecule has 2 heterocycles. The first-order valence-corrected chi connectivity index (χ1v) is 9.52. The lowest BCUT2D eigenvalue weighted by molar-refractivity contribution is -0.134. The zero-order chi connectivity index (χ0) is 17.2. The molecule has 1 aliphatic heterocycles. The number of hydrogen-bond acceptors (Lipinski definition) is 3. The van der Waals surface area contributed by atoms with Crippen LogP contribution in [-0.4, -0.2) is 38.7 Å². The molecule has 25 heavy (non-hydrogen) atoms. The first-order chi connectivity index (χ1) is 12.3. The van der Waals surface area contributed by atoms with Gasteiger partial charge in [-0.1, -0.05) is 24.3 Å². The van der Waals surface area contributed by atoms with Gasteiger partial charge in [-0.3, -0.25) is 4.79 Å². The van der Waals surface area contributed by atoms with Gasteiger partial charge in [-0.15, -0.1) is 10.2 Å². The van der Waals surface area contributed by atoms with E-state index in [1.54, 1.807) is 0 Å². The molecule has 2 aromatic rings. The number of carbonyl (C=O) groups is 1. The van der Waals surface area contributed by atoms with Gasteiger partial charge in [0.1, 0.15) is 12.2 Å². The molecular formula is C20H26N4O. The Morgan fingerprint density at radius 3 is 2.80 bits per heavy atom. The highest BCUT2D eigenvalue weighted by Crippen LogP contribution is 2.35. The number of fused-ring (bicyclic) bond motifs is 1. The number of likely N-dealkylation sites (tertiary alicyclic amines) is 1. The van der Waals surface area contributed by atoms with Crippen LogP contribution < -0.4 is 0 Å². The van der Waals surface area contributed by atoms with Crippen molar-refractivity contribution in [2.45, 2.75) is 57.4 Å². The molecule has 4 rings (SSSR count). The quantitative estimate of drug-likeness (QED) is 0.864. The normalized spacial score (nSPS) is 21.2. The van der Waals surface area contributed by atoms with E-state index in [2.05, 4.69) is 50.9 Å². The highest BCUT2D eigenvalue weighted by Gasteiger charge is 2.33. The van der Waals surface area contributed by atoms with Gasteiger partial charge in [0.05, 0.1) is 5.92 Å². The first-order valence-electron chi connectivity index (χ1n) is 9.52. The second kappa shape index (κ2) is 6.98. The summed E-state index contributed by atoms with van der Waals surface area (Å²) in [6.45, 7) is 4.68. The third-order valence-electron chi connectivity index (χ3n) is 5.83. The maximum absolute atomic E-state index is 13.1. The summed E-state index contributed by atoms with van der Waals surface area (Å²) < 4.78 is 2.12. The lowest BCUT2D eigenvalue weighted by Crippen LogP contribution is -2.41. The van der Waals surface area contributed by atoms with Crippen LogP contribution in [0.4, 0.5) is 0 Å². The number of benzene rings is 1. The Morgan fingerprint density at radius 1 is 1.20 bits per heavy atom. The van der Waals surface area contributed by atoms with Crippen molar-refractivity contribution in [3.05, 3.63) is 47.5 Å². The van der Waals surface area contributed by atoms with Crippen molar-refractivity contribution in [1.82, 2.24) is 19.7 Å². The van der Waals surface area contributed by atoms with Crippen molar-refractivity contribution in [2.75, 3.05) is 13.1 Å². The number of amides is 1. The summed E-state index contributed by atoms with van der Waals surface area (Å²) in [5.41, 5.74) is 2.62. The van der Waals surface area contributed by atoms with Gasteiger partial charge in [0.2, 0.25) is 5.91 Å². The van der Waals surface area contributed by atoms with Crippen molar-refractivity contribution in [2.24, 2.45) is 0 Å². The van der Waals surface area contributed by atoms with Crippen LogP contribution in [0.2, 0.25) is 0 Å². The van der Waals surface area contributed by atoms with Crippen LogP contribution in [0.3, 0.4) is 0 Å². The smallest absolute Gasteiger partial charge is 0.230 e. The van der Waals surface area contributed by atoms with Gasteiger partial charge in [0.25, 0.3) is 0 Å². The zero-order valence-electron chi connectivity index (χ0n) is 14.9. The van der Waals surface area contributed by atoms with Crippen LogP contribution >= 0.6 is 0 Å². The Hall–Kier alpha value is -2.17. The topological polar surface area (TPSA) is 51.0 Å². The molecule has 1 aromatic heterocycles. The molecule has 0 radical (unpaired) electrons. The number of carbonyl (C=O) groups excluding carboxylic acids is 1. The zero-order valence-corrected chi connectivity index (χ0v) is 14.9. The number of aryl methyl sites for hydroxylation is 2. The fraction of sp³-hybridized carbons (Fsp3) is 0.550. The minimum Gasteiger partial charge on any atom is -0.342 e. The third kappa shape index (κ3) is 3.08. The predicted molar refractivity (Wildman–Crippen MR) is 96.4 cm³/mol. The van der Waals surface area contributed by atoms with Crippen molar-refractivity contribution < 1.29 is 4.79 Å². The Labute approximate surface area is 149 Å². The molecule has 1 aliphatic carbocycles. The summed E-state index contributed by atoms with van der Waals surface area (Å²) in [6, 6.07) is 8.47. The van der Waals surface area contributed by atoms with Crippen molar-refractivity contribution in [1.29, 1.82) is 0 Å². The Kier molecular flexibility index (Phi) is 4.55. The standard InChI is InChI=1S/C20H26N4O/c1-2-23-14-21-22-19(23)16-10-12-24(13-11-16)20(25)18-9-5-7-15-6-3-4-8-17(15)18/h3-4,6,8,14,16,18H,2,5,7,9-13H2,1H3. The average Bonchev–Trinajstić information content (AvgIpc) is 3.16. The van der Waals surface area contributed by atoms with Gasteiger partial charge in [0, 0.05) is 25.6 Å². The van der Waals surface area contributed by atoms with Crippen LogP contribution in [0.15, 0.2) is 30.6 Å². The van der Waals surface area contributed by atoms with E-state index in [1.165, 1.54) is 11.1 Å². The molecule has 1 saturated heterocycles. The van der Waals surface area contributed by atoms with E-state index in [-0.39, 0.29) is 5.92 Å². The van der Waals surface area contributed by atoms with E-state index >= 15 is 0 Å². The van der Waals surface area contributed by atoms with Crippen LogP contribution in [-0.2, 0) is 17.8 Å². The summed E-state index contributed by atoms with van der Waals surface area (Å²) in [4.78, 5) is 15.2. The molecule has 2 aliphatic rings. The fourth-order valence-corrected chi connectivity index (χ4v) is 4.41. The Morgan fingerprint density at radius 2 is 2.00 bits per heavy atom. The number of aromatic nitrogens is 3. The van der Waals surface area contributed by atoms with E-state index in [0.29, 0.717) is 11.8 Å². The molecule has 1 atom stereocenters. The van der Waals surface area contributed by atoms with Gasteiger partial charge in [-0.2, -0.15) is 0 Å². The molecular weight excluding hydrogens is 312 g/mol. The van der Waals surface area contributed by atoms with Crippen LogP contribution in [0.1, 0.15) is 61.4 Å². The van der Waals surface area contributed by atoms with E-state index in [1.807, 2.05) is 6.33 Å². The largest absolute Gasteiger partial charge is 0.342 e. The van der Waals surface area contributed by atoms with Gasteiger partial charge in [-0.25, -0.2) is 0 Å². The summed E-state index contributed by atoms with van der Waals surface area (Å²) in [5, 5.41) is 8.36. The second-order valence-electron chi connectivity index (χ2n) is 7.22. The second-order valence-corrected chi connectivity index (χ2v) is 7.22. The number of nitrogens with zero attached hydrogens (tertiary/aromatic N) is 4. The van der Waals surface area contributed by atoms with Gasteiger partial charge < -0.3 is 9.47 Å².